The van der Waals surface area contributed by atoms with Gasteiger partial charge in [-0.15, -0.1) is 0 Å². The van der Waals surface area contributed by atoms with Crippen LogP contribution in [-0.2, 0) is 23.1 Å². The molecule has 1 heterocycles. The van der Waals surface area contributed by atoms with Gasteiger partial charge in [-0.3, -0.25) is 0 Å². The molecule has 0 atom stereocenters. The van der Waals surface area contributed by atoms with Crippen LogP contribution in [0.3, 0.4) is 0 Å². The third-order valence-corrected chi connectivity index (χ3v) is 4.94. The van der Waals surface area contributed by atoms with E-state index in [0.29, 0.717) is 17.5 Å². The topological polar surface area (TPSA) is 95.1 Å². The summed E-state index contributed by atoms with van der Waals surface area (Å²) in [5.41, 5.74) is 3.04. The second-order valence-electron chi connectivity index (χ2n) is 4.93. The molecule has 21 heavy (non-hydrogen) atoms. The Bertz CT molecular complexity index is 709. The minimum Gasteiger partial charge on any atom is -0.392 e. The Balaban J connectivity index is 2.15. The van der Waals surface area contributed by atoms with E-state index in [1.807, 2.05) is 6.92 Å². The van der Waals surface area contributed by atoms with Crippen molar-refractivity contribution in [2.24, 2.45) is 0 Å². The highest BCUT2D eigenvalue weighted by molar-refractivity contribution is 7.89. The Hall–Kier alpha value is -1.70. The van der Waals surface area contributed by atoms with Crippen LogP contribution in [-0.4, -0.2) is 30.0 Å². The number of hydrogen-bond acceptors (Lipinski definition) is 4. The Kier molecular flexibility index (Phi) is 4.76. The van der Waals surface area contributed by atoms with Crippen molar-refractivity contribution in [3.8, 4) is 0 Å². The van der Waals surface area contributed by atoms with Gasteiger partial charge >= 0.3 is 0 Å². The molecular formula is C14H19N3O3S. The normalized spacial score (nSPS) is 11.8. The number of benzene rings is 1. The van der Waals surface area contributed by atoms with Gasteiger partial charge in [-0.05, 0) is 36.6 Å². The summed E-state index contributed by atoms with van der Waals surface area (Å²) in [6.45, 7) is 3.70. The molecule has 0 aliphatic heterocycles. The van der Waals surface area contributed by atoms with Gasteiger partial charge < -0.3 is 10.1 Å². The smallest absolute Gasteiger partial charge is 0.240 e. The number of H-pyrrole nitrogens is 1. The number of nitrogens with zero attached hydrogens (tertiary/aromatic N) is 1. The number of aryl methyl sites for hydroxylation is 2. The molecule has 0 amide bonds. The summed E-state index contributed by atoms with van der Waals surface area (Å²) in [6.07, 6.45) is 3.76. The van der Waals surface area contributed by atoms with Gasteiger partial charge in [-0.1, -0.05) is 6.07 Å². The number of imidazole rings is 1. The van der Waals surface area contributed by atoms with E-state index in [1.54, 1.807) is 25.5 Å². The highest BCUT2D eigenvalue weighted by Gasteiger charge is 2.18. The lowest BCUT2D eigenvalue weighted by molar-refractivity contribution is 0.280. The fourth-order valence-electron chi connectivity index (χ4n) is 2.15. The van der Waals surface area contributed by atoms with Gasteiger partial charge in [-0.25, -0.2) is 18.1 Å². The molecule has 3 N–H and O–H groups in total. The highest BCUT2D eigenvalue weighted by atomic mass is 32.2. The molecule has 0 fully saturated rings. The maximum absolute atomic E-state index is 12.3. The van der Waals surface area contributed by atoms with Crippen LogP contribution in [0.4, 0.5) is 0 Å². The Morgan fingerprint density at radius 1 is 1.29 bits per heavy atom. The lowest BCUT2D eigenvalue weighted by atomic mass is 10.1. The summed E-state index contributed by atoms with van der Waals surface area (Å²) >= 11 is 0. The van der Waals surface area contributed by atoms with Gasteiger partial charge in [0, 0.05) is 24.9 Å². The fraction of sp³-hybridized carbons (Fsp3) is 0.357. The van der Waals surface area contributed by atoms with Crippen molar-refractivity contribution in [3.05, 3.63) is 47.0 Å². The standard InChI is InChI=1S/C14H19N3O3S/c1-10-5-11(2)14(6-12(10)8-18)21(19,20)17-4-3-13-7-15-9-16-13/h5-7,9,17-18H,3-4,8H2,1-2H3,(H,15,16). The van der Waals surface area contributed by atoms with Crippen LogP contribution in [0.2, 0.25) is 0 Å². The summed E-state index contributed by atoms with van der Waals surface area (Å²) in [6, 6.07) is 3.30. The van der Waals surface area contributed by atoms with Crippen LogP contribution in [0, 0.1) is 13.8 Å². The van der Waals surface area contributed by atoms with Gasteiger partial charge in [0.1, 0.15) is 0 Å². The largest absolute Gasteiger partial charge is 0.392 e. The summed E-state index contributed by atoms with van der Waals surface area (Å²) in [4.78, 5) is 7.01. The molecule has 0 aliphatic rings. The lowest BCUT2D eigenvalue weighted by Gasteiger charge is -2.12. The first-order valence-electron chi connectivity index (χ1n) is 6.62. The first-order chi connectivity index (χ1) is 9.94. The zero-order valence-electron chi connectivity index (χ0n) is 12.0. The molecule has 0 aliphatic carbocycles. The first kappa shape index (κ1) is 15.7. The average Bonchev–Trinajstić information content (AvgIpc) is 2.91. The summed E-state index contributed by atoms with van der Waals surface area (Å²) in [5, 5.41) is 9.27. The molecule has 0 saturated carbocycles. The third kappa shape index (κ3) is 3.69. The lowest BCUT2D eigenvalue weighted by Crippen LogP contribution is -2.27. The highest BCUT2D eigenvalue weighted by Crippen LogP contribution is 2.20. The minimum absolute atomic E-state index is 0.178. The second kappa shape index (κ2) is 6.38. The maximum atomic E-state index is 12.3. The zero-order chi connectivity index (χ0) is 15.5. The number of nitrogens with one attached hydrogen (secondary N) is 2. The predicted molar refractivity (Wildman–Crippen MR) is 79.3 cm³/mol. The molecule has 7 heteroatoms. The number of aromatic amines is 1. The molecule has 1 aromatic heterocycles. The molecule has 6 nitrogen and oxygen atoms in total. The van der Waals surface area contributed by atoms with Gasteiger partial charge in [-0.2, -0.15) is 0 Å². The van der Waals surface area contributed by atoms with Crippen LogP contribution < -0.4 is 4.72 Å². The van der Waals surface area contributed by atoms with Crippen molar-refractivity contribution in [2.75, 3.05) is 6.54 Å². The molecule has 0 radical (unpaired) electrons. The minimum atomic E-state index is -3.59. The van der Waals surface area contributed by atoms with Gasteiger partial charge in [0.25, 0.3) is 0 Å². The first-order valence-corrected chi connectivity index (χ1v) is 8.10. The molecule has 114 valence electrons. The van der Waals surface area contributed by atoms with Crippen molar-refractivity contribution in [1.82, 2.24) is 14.7 Å². The van der Waals surface area contributed by atoms with E-state index in [0.717, 1.165) is 11.3 Å². The van der Waals surface area contributed by atoms with E-state index in [4.69, 9.17) is 0 Å². The van der Waals surface area contributed by atoms with E-state index in [-0.39, 0.29) is 18.0 Å². The fourth-order valence-corrected chi connectivity index (χ4v) is 3.46. The van der Waals surface area contributed by atoms with Crippen molar-refractivity contribution in [1.29, 1.82) is 0 Å². The summed E-state index contributed by atoms with van der Waals surface area (Å²) < 4.78 is 27.3. The van der Waals surface area contributed by atoms with Crippen LogP contribution in [0.25, 0.3) is 0 Å². The number of aliphatic hydroxyl groups excluding tert-OH is 1. The summed E-state index contributed by atoms with van der Waals surface area (Å²) in [5.74, 6) is 0. The molecule has 0 unspecified atom stereocenters. The second-order valence-corrected chi connectivity index (χ2v) is 6.66. The molecule has 2 rings (SSSR count). The quantitative estimate of drug-likeness (QED) is 0.743. The van der Waals surface area contributed by atoms with Crippen molar-refractivity contribution in [2.45, 2.75) is 31.8 Å². The number of aliphatic hydroxyl groups is 1. The van der Waals surface area contributed by atoms with Crippen LogP contribution in [0.15, 0.2) is 29.6 Å². The Labute approximate surface area is 124 Å². The zero-order valence-corrected chi connectivity index (χ0v) is 12.9. The molecule has 0 spiro atoms. The van der Waals surface area contributed by atoms with Crippen molar-refractivity contribution in [3.63, 3.8) is 0 Å². The Morgan fingerprint density at radius 2 is 2.05 bits per heavy atom. The van der Waals surface area contributed by atoms with E-state index in [9.17, 15) is 13.5 Å². The molecule has 2 aromatic rings. The van der Waals surface area contributed by atoms with Crippen molar-refractivity contribution < 1.29 is 13.5 Å². The maximum Gasteiger partial charge on any atom is 0.240 e. The average molecular weight is 309 g/mol. The third-order valence-electron chi connectivity index (χ3n) is 3.33. The predicted octanol–water partition coefficient (Wildman–Crippen LogP) is 1.04. The van der Waals surface area contributed by atoms with Crippen LogP contribution in [0.1, 0.15) is 22.4 Å². The monoisotopic (exact) mass is 309 g/mol. The summed E-state index contributed by atoms with van der Waals surface area (Å²) in [7, 11) is -3.59. The number of hydrogen-bond donors (Lipinski definition) is 3. The van der Waals surface area contributed by atoms with E-state index in [1.165, 1.54) is 6.07 Å². The molecule has 1 aromatic carbocycles. The van der Waals surface area contributed by atoms with Crippen LogP contribution >= 0.6 is 0 Å². The number of sulfonamides is 1. The van der Waals surface area contributed by atoms with Crippen LogP contribution in [0.5, 0.6) is 0 Å². The van der Waals surface area contributed by atoms with E-state index < -0.39 is 10.0 Å². The van der Waals surface area contributed by atoms with E-state index in [2.05, 4.69) is 14.7 Å². The molecular weight excluding hydrogens is 290 g/mol. The van der Waals surface area contributed by atoms with Gasteiger partial charge in [0.05, 0.1) is 17.8 Å². The Morgan fingerprint density at radius 3 is 2.67 bits per heavy atom. The molecule has 0 bridgehead atoms. The van der Waals surface area contributed by atoms with E-state index >= 15 is 0 Å². The number of rotatable bonds is 6. The number of aromatic nitrogens is 2. The van der Waals surface area contributed by atoms with Crippen molar-refractivity contribution >= 4 is 10.0 Å². The molecule has 0 saturated heterocycles. The van der Waals surface area contributed by atoms with Gasteiger partial charge in [0.15, 0.2) is 0 Å². The SMILES string of the molecule is Cc1cc(C)c(S(=O)(=O)NCCc2cnc[nH]2)cc1CO. The van der Waals surface area contributed by atoms with Gasteiger partial charge in [0.2, 0.25) is 10.0 Å².